The van der Waals surface area contributed by atoms with Gasteiger partial charge in [0.1, 0.15) is 0 Å². The molecule has 1 fully saturated rings. The molecule has 2 rings (SSSR count). The Labute approximate surface area is 87.4 Å². The Hall–Kier alpha value is -1.65. The third kappa shape index (κ3) is 2.43. The van der Waals surface area contributed by atoms with Gasteiger partial charge in [-0.1, -0.05) is 0 Å². The molecule has 5 heteroatoms. The summed E-state index contributed by atoms with van der Waals surface area (Å²) in [6.07, 6.45) is 3.79. The van der Waals surface area contributed by atoms with Crippen LogP contribution in [0.2, 0.25) is 0 Å². The second-order valence-corrected chi connectivity index (χ2v) is 3.28. The molecule has 0 radical (unpaired) electrons. The van der Waals surface area contributed by atoms with Crippen molar-refractivity contribution in [3.8, 4) is 5.75 Å². The highest BCUT2D eigenvalue weighted by Gasteiger charge is 2.26. The summed E-state index contributed by atoms with van der Waals surface area (Å²) in [6.45, 7) is 2.06. The molecular formula is C10H12N2O3. The zero-order valence-corrected chi connectivity index (χ0v) is 8.47. The summed E-state index contributed by atoms with van der Waals surface area (Å²) < 4.78 is 10.4. The molecule has 0 N–H and O–H groups in total. The molecule has 0 bridgehead atoms. The van der Waals surface area contributed by atoms with Crippen molar-refractivity contribution in [2.45, 2.75) is 25.9 Å². The number of hydrogen-bond acceptors (Lipinski definition) is 5. The zero-order chi connectivity index (χ0) is 10.7. The Morgan fingerprint density at radius 2 is 2.40 bits per heavy atom. The number of carbonyl (C=O) groups is 1. The molecule has 0 atom stereocenters. The van der Waals surface area contributed by atoms with Crippen LogP contribution in [0.25, 0.3) is 0 Å². The Bertz CT molecular complexity index is 363. The van der Waals surface area contributed by atoms with Crippen LogP contribution in [0.3, 0.4) is 0 Å². The van der Waals surface area contributed by atoms with E-state index in [2.05, 4.69) is 10.2 Å². The van der Waals surface area contributed by atoms with Crippen LogP contribution < -0.4 is 4.74 Å². The lowest BCUT2D eigenvalue weighted by Gasteiger charge is -2.07. The summed E-state index contributed by atoms with van der Waals surface area (Å²) in [5.74, 6) is -0.0211. The molecule has 5 nitrogen and oxygen atoms in total. The highest BCUT2D eigenvalue weighted by molar-refractivity contribution is 5.89. The van der Waals surface area contributed by atoms with Crippen molar-refractivity contribution in [2.75, 3.05) is 6.61 Å². The van der Waals surface area contributed by atoms with E-state index in [1.807, 2.05) is 0 Å². The number of esters is 1. The second-order valence-electron chi connectivity index (χ2n) is 3.28. The largest absolute Gasteiger partial charge is 0.488 e. The topological polar surface area (TPSA) is 61.3 Å². The van der Waals surface area contributed by atoms with Crippen LogP contribution >= 0.6 is 0 Å². The van der Waals surface area contributed by atoms with Gasteiger partial charge in [0, 0.05) is 6.07 Å². The summed E-state index contributed by atoms with van der Waals surface area (Å²) in [4.78, 5) is 11.5. The molecular weight excluding hydrogens is 196 g/mol. The van der Waals surface area contributed by atoms with Crippen molar-refractivity contribution in [1.82, 2.24) is 10.2 Å². The maximum Gasteiger partial charge on any atom is 0.362 e. The minimum absolute atomic E-state index is 0.159. The first-order valence-electron chi connectivity index (χ1n) is 4.96. The molecule has 0 aliphatic heterocycles. The van der Waals surface area contributed by atoms with Crippen molar-refractivity contribution in [2.24, 2.45) is 0 Å². The first kappa shape index (κ1) is 9.89. The lowest BCUT2D eigenvalue weighted by Crippen LogP contribution is -2.11. The summed E-state index contributed by atoms with van der Waals surface area (Å²) >= 11 is 0. The van der Waals surface area contributed by atoms with Gasteiger partial charge < -0.3 is 9.47 Å². The fraction of sp³-hybridized carbons (Fsp3) is 0.500. The molecule has 0 amide bonds. The predicted molar refractivity (Wildman–Crippen MR) is 51.6 cm³/mol. The molecule has 15 heavy (non-hydrogen) atoms. The molecule has 1 aliphatic carbocycles. The van der Waals surface area contributed by atoms with Crippen LogP contribution in [-0.2, 0) is 4.74 Å². The summed E-state index contributed by atoms with van der Waals surface area (Å²) in [7, 11) is 0. The van der Waals surface area contributed by atoms with Gasteiger partial charge >= 0.3 is 5.97 Å². The molecule has 1 saturated carbocycles. The first-order chi connectivity index (χ1) is 7.31. The Morgan fingerprint density at radius 3 is 3.07 bits per heavy atom. The summed E-state index contributed by atoms with van der Waals surface area (Å²) in [5, 5.41) is 7.37. The molecule has 80 valence electrons. The molecule has 0 unspecified atom stereocenters. The van der Waals surface area contributed by atoms with Gasteiger partial charge in [-0.3, -0.25) is 0 Å². The average Bonchev–Trinajstić information content (AvgIpc) is 3.03. The number of nitrogens with zero attached hydrogens (tertiary/aromatic N) is 2. The van der Waals surface area contributed by atoms with Gasteiger partial charge in [0.25, 0.3) is 0 Å². The van der Waals surface area contributed by atoms with Gasteiger partial charge in [-0.2, -0.15) is 5.10 Å². The Balaban J connectivity index is 2.16. The second kappa shape index (κ2) is 4.25. The van der Waals surface area contributed by atoms with Crippen molar-refractivity contribution < 1.29 is 14.3 Å². The van der Waals surface area contributed by atoms with Crippen LogP contribution in [-0.4, -0.2) is 28.9 Å². The molecule has 1 aliphatic rings. The van der Waals surface area contributed by atoms with Crippen molar-refractivity contribution in [3.05, 3.63) is 18.0 Å². The third-order valence-corrected chi connectivity index (χ3v) is 1.97. The molecule has 0 saturated heterocycles. The summed E-state index contributed by atoms with van der Waals surface area (Å²) in [6, 6.07) is 1.64. The predicted octanol–water partition coefficient (Wildman–Crippen LogP) is 1.19. The van der Waals surface area contributed by atoms with Crippen LogP contribution in [0.15, 0.2) is 12.3 Å². The normalized spacial score (nSPS) is 14.7. The lowest BCUT2D eigenvalue weighted by molar-refractivity contribution is 0.0512. The minimum Gasteiger partial charge on any atom is -0.488 e. The van der Waals surface area contributed by atoms with Gasteiger partial charge in [-0.15, -0.1) is 5.10 Å². The first-order valence-corrected chi connectivity index (χ1v) is 4.96. The average molecular weight is 208 g/mol. The quantitative estimate of drug-likeness (QED) is 0.695. The van der Waals surface area contributed by atoms with Gasteiger partial charge in [0.15, 0.2) is 5.75 Å². The Morgan fingerprint density at radius 1 is 1.60 bits per heavy atom. The van der Waals surface area contributed by atoms with Crippen LogP contribution in [0.5, 0.6) is 5.75 Å². The van der Waals surface area contributed by atoms with E-state index < -0.39 is 5.97 Å². The molecule has 1 aromatic rings. The number of ether oxygens (including phenoxy) is 2. The third-order valence-electron chi connectivity index (χ3n) is 1.97. The fourth-order valence-electron chi connectivity index (χ4n) is 1.12. The standard InChI is InChI=1S/C10H12N2O3/c1-2-14-10(13)9-8(5-6-11-12-9)15-7-3-4-7/h5-7H,2-4H2,1H3. The maximum absolute atomic E-state index is 11.5. The highest BCUT2D eigenvalue weighted by atomic mass is 16.5. The van der Waals surface area contributed by atoms with Crippen LogP contribution in [0, 0.1) is 0 Å². The van der Waals surface area contributed by atoms with Gasteiger partial charge in [-0.25, -0.2) is 4.79 Å². The van der Waals surface area contributed by atoms with E-state index >= 15 is 0 Å². The van der Waals surface area contributed by atoms with Crippen LogP contribution in [0.1, 0.15) is 30.3 Å². The van der Waals surface area contributed by atoms with Gasteiger partial charge in [0.05, 0.1) is 18.9 Å². The van der Waals surface area contributed by atoms with E-state index in [1.54, 1.807) is 13.0 Å². The van der Waals surface area contributed by atoms with E-state index in [0.717, 1.165) is 12.8 Å². The monoisotopic (exact) mass is 208 g/mol. The number of aromatic nitrogens is 2. The van der Waals surface area contributed by atoms with E-state index in [4.69, 9.17) is 9.47 Å². The smallest absolute Gasteiger partial charge is 0.362 e. The molecule has 0 aromatic carbocycles. The van der Waals surface area contributed by atoms with E-state index in [0.29, 0.717) is 12.4 Å². The molecule has 1 heterocycles. The van der Waals surface area contributed by atoms with Crippen molar-refractivity contribution in [1.29, 1.82) is 0 Å². The van der Waals surface area contributed by atoms with Crippen molar-refractivity contribution in [3.63, 3.8) is 0 Å². The van der Waals surface area contributed by atoms with E-state index in [1.165, 1.54) is 6.20 Å². The Kier molecular flexibility index (Phi) is 2.80. The minimum atomic E-state index is -0.485. The van der Waals surface area contributed by atoms with Crippen molar-refractivity contribution >= 4 is 5.97 Å². The molecule has 1 aromatic heterocycles. The molecule has 0 spiro atoms. The summed E-state index contributed by atoms with van der Waals surface area (Å²) in [5.41, 5.74) is 0.159. The number of hydrogen-bond donors (Lipinski definition) is 0. The number of carbonyl (C=O) groups excluding carboxylic acids is 1. The fourth-order valence-corrected chi connectivity index (χ4v) is 1.12. The van der Waals surface area contributed by atoms with Gasteiger partial charge in [-0.05, 0) is 19.8 Å². The van der Waals surface area contributed by atoms with Crippen LogP contribution in [0.4, 0.5) is 0 Å². The lowest BCUT2D eigenvalue weighted by atomic mass is 10.3. The highest BCUT2D eigenvalue weighted by Crippen LogP contribution is 2.28. The van der Waals surface area contributed by atoms with Gasteiger partial charge in [0.2, 0.25) is 5.69 Å². The zero-order valence-electron chi connectivity index (χ0n) is 8.47. The number of rotatable bonds is 4. The maximum atomic E-state index is 11.5. The SMILES string of the molecule is CCOC(=O)c1nnccc1OC1CC1. The van der Waals surface area contributed by atoms with E-state index in [-0.39, 0.29) is 11.8 Å². The van der Waals surface area contributed by atoms with E-state index in [9.17, 15) is 4.79 Å².